The van der Waals surface area contributed by atoms with E-state index in [-0.39, 0.29) is 18.2 Å². The van der Waals surface area contributed by atoms with Gasteiger partial charge in [0.25, 0.3) is 0 Å². The van der Waals surface area contributed by atoms with Crippen LogP contribution in [0.5, 0.6) is 0 Å². The molecule has 1 amide bonds. The Kier molecular flexibility index (Phi) is 5.60. The van der Waals surface area contributed by atoms with Crippen molar-refractivity contribution in [1.82, 2.24) is 5.32 Å². The lowest BCUT2D eigenvalue weighted by atomic mass is 9.90. The highest BCUT2D eigenvalue weighted by molar-refractivity contribution is 5.86. The zero-order valence-corrected chi connectivity index (χ0v) is 12.1. The number of carboxylic acid groups (broad SMARTS) is 1. The maximum atomic E-state index is 12.3. The summed E-state index contributed by atoms with van der Waals surface area (Å²) in [6.07, 6.45) is 3.33. The monoisotopic (exact) mass is 290 g/mol. The largest absolute Gasteiger partial charge is 0.481 e. The van der Waals surface area contributed by atoms with Crippen molar-refractivity contribution in [3.63, 3.8) is 0 Å². The molecular formula is C16H22N2O3. The molecule has 1 heterocycles. The van der Waals surface area contributed by atoms with E-state index in [0.717, 1.165) is 37.1 Å². The van der Waals surface area contributed by atoms with Gasteiger partial charge in [0.2, 0.25) is 5.91 Å². The third-order valence-electron chi connectivity index (χ3n) is 3.77. The van der Waals surface area contributed by atoms with Gasteiger partial charge in [-0.1, -0.05) is 24.6 Å². The predicted octanol–water partition coefficient (Wildman–Crippen LogP) is 2.35. The lowest BCUT2D eigenvalue weighted by molar-refractivity contribution is -0.137. The minimum absolute atomic E-state index is 0.0715. The first-order valence-electron chi connectivity index (χ1n) is 7.51. The van der Waals surface area contributed by atoms with Gasteiger partial charge in [0.1, 0.15) is 0 Å². The topological polar surface area (TPSA) is 78.4 Å². The number of carbonyl (C=O) groups excluding carboxylic acids is 1. The predicted molar refractivity (Wildman–Crippen MR) is 81.4 cm³/mol. The van der Waals surface area contributed by atoms with E-state index in [1.165, 1.54) is 0 Å². The molecule has 0 fully saturated rings. The van der Waals surface area contributed by atoms with Crippen LogP contribution in [0.1, 0.15) is 43.6 Å². The molecule has 1 unspecified atom stereocenters. The van der Waals surface area contributed by atoms with Crippen molar-refractivity contribution in [2.75, 3.05) is 18.4 Å². The van der Waals surface area contributed by atoms with Crippen LogP contribution in [-0.4, -0.2) is 30.1 Å². The summed E-state index contributed by atoms with van der Waals surface area (Å²) in [5, 5.41) is 14.8. The Labute approximate surface area is 124 Å². The van der Waals surface area contributed by atoms with Crippen molar-refractivity contribution < 1.29 is 14.7 Å². The number of benzene rings is 1. The number of carbonyl (C=O) groups is 2. The summed E-state index contributed by atoms with van der Waals surface area (Å²) in [4.78, 5) is 22.7. The summed E-state index contributed by atoms with van der Waals surface area (Å²) in [5.41, 5.74) is 2.11. The van der Waals surface area contributed by atoms with Crippen LogP contribution in [0.25, 0.3) is 0 Å². The average Bonchev–Trinajstić information content (AvgIpc) is 2.49. The molecular weight excluding hydrogens is 268 g/mol. The van der Waals surface area contributed by atoms with E-state index in [4.69, 9.17) is 5.11 Å². The number of unbranched alkanes of at least 4 members (excludes halogenated alkanes) is 2. The van der Waals surface area contributed by atoms with Gasteiger partial charge < -0.3 is 15.7 Å². The molecule has 0 radical (unpaired) electrons. The number of hydrogen-bond acceptors (Lipinski definition) is 3. The van der Waals surface area contributed by atoms with Crippen LogP contribution in [-0.2, 0) is 9.59 Å². The van der Waals surface area contributed by atoms with Gasteiger partial charge in [-0.15, -0.1) is 0 Å². The summed E-state index contributed by atoms with van der Waals surface area (Å²) >= 11 is 0. The molecule has 114 valence electrons. The summed E-state index contributed by atoms with van der Waals surface area (Å²) in [7, 11) is 0. The van der Waals surface area contributed by atoms with Crippen molar-refractivity contribution in [2.45, 2.75) is 38.0 Å². The van der Waals surface area contributed by atoms with Crippen LogP contribution in [0.4, 0.5) is 5.69 Å². The summed E-state index contributed by atoms with van der Waals surface area (Å²) in [6.45, 7) is 1.43. The van der Waals surface area contributed by atoms with Crippen molar-refractivity contribution in [2.24, 2.45) is 0 Å². The normalized spacial score (nSPS) is 16.7. The van der Waals surface area contributed by atoms with Gasteiger partial charge in [0, 0.05) is 25.2 Å². The molecule has 0 aromatic heterocycles. The molecule has 0 aliphatic carbocycles. The number of rotatable bonds is 7. The number of nitrogens with one attached hydrogen (secondary N) is 2. The second-order valence-electron chi connectivity index (χ2n) is 5.35. The minimum Gasteiger partial charge on any atom is -0.481 e. The van der Waals surface area contributed by atoms with Gasteiger partial charge in [-0.05, 0) is 30.9 Å². The van der Waals surface area contributed by atoms with Crippen molar-refractivity contribution in [3.05, 3.63) is 29.8 Å². The molecule has 2 rings (SSSR count). The van der Waals surface area contributed by atoms with Gasteiger partial charge in [-0.25, -0.2) is 0 Å². The molecule has 1 aromatic rings. The molecule has 0 bridgehead atoms. The fourth-order valence-electron chi connectivity index (χ4n) is 2.65. The van der Waals surface area contributed by atoms with Crippen molar-refractivity contribution in [1.29, 1.82) is 0 Å². The molecule has 21 heavy (non-hydrogen) atoms. The Morgan fingerprint density at radius 2 is 2.05 bits per heavy atom. The molecule has 0 saturated heterocycles. The summed E-state index contributed by atoms with van der Waals surface area (Å²) < 4.78 is 0. The molecule has 1 atom stereocenters. The van der Waals surface area contributed by atoms with E-state index in [1.807, 2.05) is 24.3 Å². The molecule has 5 heteroatoms. The first-order valence-corrected chi connectivity index (χ1v) is 7.51. The number of amides is 1. The van der Waals surface area contributed by atoms with Crippen molar-refractivity contribution >= 4 is 17.6 Å². The maximum absolute atomic E-state index is 12.3. The first kappa shape index (κ1) is 15.4. The quantitative estimate of drug-likeness (QED) is 0.674. The highest BCUT2D eigenvalue weighted by atomic mass is 16.4. The minimum atomic E-state index is -0.759. The van der Waals surface area contributed by atoms with E-state index in [0.29, 0.717) is 13.0 Å². The third kappa shape index (κ3) is 4.48. The second-order valence-corrected chi connectivity index (χ2v) is 5.35. The standard InChI is InChI=1S/C16H22N2O3/c19-15(20)8-2-1-5-10-18-16(21)13-9-11-17-14-7-4-3-6-12(13)14/h3-4,6-7,13,17H,1-2,5,8-11H2,(H,18,21)(H,19,20). The highest BCUT2D eigenvalue weighted by Crippen LogP contribution is 2.31. The average molecular weight is 290 g/mol. The third-order valence-corrected chi connectivity index (χ3v) is 3.77. The van der Waals surface area contributed by atoms with E-state index < -0.39 is 5.97 Å². The zero-order valence-electron chi connectivity index (χ0n) is 12.1. The van der Waals surface area contributed by atoms with E-state index >= 15 is 0 Å². The molecule has 1 aliphatic heterocycles. The van der Waals surface area contributed by atoms with Gasteiger partial charge >= 0.3 is 5.97 Å². The number of hydrogen-bond donors (Lipinski definition) is 3. The zero-order chi connectivity index (χ0) is 15.1. The van der Waals surface area contributed by atoms with Gasteiger partial charge in [0.15, 0.2) is 0 Å². The molecule has 1 aromatic carbocycles. The number of para-hydroxylation sites is 1. The molecule has 1 aliphatic rings. The molecule has 0 saturated carbocycles. The smallest absolute Gasteiger partial charge is 0.303 e. The Bertz CT molecular complexity index is 502. The Hall–Kier alpha value is -2.04. The fraction of sp³-hybridized carbons (Fsp3) is 0.500. The second kappa shape index (κ2) is 7.67. The number of carboxylic acids is 1. The fourth-order valence-corrected chi connectivity index (χ4v) is 2.65. The van der Waals surface area contributed by atoms with Crippen LogP contribution in [0.15, 0.2) is 24.3 Å². The maximum Gasteiger partial charge on any atom is 0.303 e. The van der Waals surface area contributed by atoms with Crippen LogP contribution < -0.4 is 10.6 Å². The number of anilines is 1. The number of fused-ring (bicyclic) bond motifs is 1. The van der Waals surface area contributed by atoms with Crippen molar-refractivity contribution in [3.8, 4) is 0 Å². The lowest BCUT2D eigenvalue weighted by Crippen LogP contribution is -2.33. The lowest BCUT2D eigenvalue weighted by Gasteiger charge is -2.25. The summed E-state index contributed by atoms with van der Waals surface area (Å²) in [5.74, 6) is -0.769. The molecule has 3 N–H and O–H groups in total. The van der Waals surface area contributed by atoms with Crippen LogP contribution in [0, 0.1) is 0 Å². The SMILES string of the molecule is O=C(O)CCCCCNC(=O)C1CCNc2ccccc21. The van der Waals surface area contributed by atoms with E-state index in [1.54, 1.807) is 0 Å². The Balaban J connectivity index is 1.76. The first-order chi connectivity index (χ1) is 10.2. The molecule has 5 nitrogen and oxygen atoms in total. The van der Waals surface area contributed by atoms with E-state index in [9.17, 15) is 9.59 Å². The Morgan fingerprint density at radius 3 is 2.86 bits per heavy atom. The van der Waals surface area contributed by atoms with Gasteiger partial charge in [-0.3, -0.25) is 9.59 Å². The highest BCUT2D eigenvalue weighted by Gasteiger charge is 2.25. The van der Waals surface area contributed by atoms with Crippen LogP contribution in [0.2, 0.25) is 0 Å². The van der Waals surface area contributed by atoms with Gasteiger partial charge in [0.05, 0.1) is 5.92 Å². The van der Waals surface area contributed by atoms with Gasteiger partial charge in [-0.2, -0.15) is 0 Å². The van der Waals surface area contributed by atoms with Crippen LogP contribution >= 0.6 is 0 Å². The van der Waals surface area contributed by atoms with Crippen LogP contribution in [0.3, 0.4) is 0 Å². The Morgan fingerprint density at radius 1 is 1.24 bits per heavy atom. The summed E-state index contributed by atoms with van der Waals surface area (Å²) in [6, 6.07) is 7.92. The van der Waals surface area contributed by atoms with E-state index in [2.05, 4.69) is 10.6 Å². The number of aliphatic carboxylic acids is 1. The molecule has 0 spiro atoms.